The molecule has 16 heavy (non-hydrogen) atoms. The van der Waals surface area contributed by atoms with Crippen molar-refractivity contribution in [3.8, 4) is 0 Å². The number of ether oxygens (including phenoxy) is 1. The highest BCUT2D eigenvalue weighted by Gasteiger charge is 2.24. The fourth-order valence-corrected chi connectivity index (χ4v) is 3.07. The first-order valence-electron chi connectivity index (χ1n) is 5.63. The number of methoxy groups -OCH3 is 1. The Kier molecular flexibility index (Phi) is 3.78. The highest BCUT2D eigenvalue weighted by atomic mass is 32.1. The number of thiazole rings is 1. The normalized spacial score (nSPS) is 20.7. The molecule has 5 heteroatoms. The maximum atomic E-state index is 5.37. The number of nitrogens with one attached hydrogen (secondary N) is 1. The van der Waals surface area contributed by atoms with Crippen LogP contribution in [0.4, 0.5) is 5.13 Å². The Morgan fingerprint density at radius 1 is 1.62 bits per heavy atom. The van der Waals surface area contributed by atoms with Gasteiger partial charge in [0.1, 0.15) is 0 Å². The summed E-state index contributed by atoms with van der Waals surface area (Å²) in [5.74, 6) is 0. The second-order valence-corrected chi connectivity index (χ2v) is 5.19. The molecule has 1 N–H and O–H groups in total. The van der Waals surface area contributed by atoms with Crippen molar-refractivity contribution in [3.63, 3.8) is 0 Å². The van der Waals surface area contributed by atoms with E-state index in [2.05, 4.69) is 22.1 Å². The largest absolute Gasteiger partial charge is 0.380 e. The lowest BCUT2D eigenvalue weighted by Crippen LogP contribution is -2.21. The van der Waals surface area contributed by atoms with E-state index in [-0.39, 0.29) is 0 Å². The molecule has 0 amide bonds. The van der Waals surface area contributed by atoms with Crippen LogP contribution in [0, 0.1) is 6.92 Å². The van der Waals surface area contributed by atoms with Gasteiger partial charge in [0, 0.05) is 31.6 Å². The second kappa shape index (κ2) is 5.12. The van der Waals surface area contributed by atoms with E-state index in [4.69, 9.17) is 4.74 Å². The summed E-state index contributed by atoms with van der Waals surface area (Å²) in [7, 11) is 3.75. The molecule has 1 atom stereocenters. The summed E-state index contributed by atoms with van der Waals surface area (Å²) in [4.78, 5) is 8.29. The molecule has 4 nitrogen and oxygen atoms in total. The zero-order valence-electron chi connectivity index (χ0n) is 10.1. The number of nitrogens with zero attached hydrogens (tertiary/aromatic N) is 2. The predicted molar refractivity (Wildman–Crippen MR) is 67.2 cm³/mol. The first-order valence-corrected chi connectivity index (χ1v) is 6.45. The zero-order chi connectivity index (χ0) is 11.5. The molecule has 1 aliphatic rings. The van der Waals surface area contributed by atoms with Crippen molar-refractivity contribution >= 4 is 16.5 Å². The number of hydrogen-bond acceptors (Lipinski definition) is 5. The van der Waals surface area contributed by atoms with E-state index in [0.29, 0.717) is 6.10 Å². The minimum Gasteiger partial charge on any atom is -0.380 e. The van der Waals surface area contributed by atoms with Crippen LogP contribution in [0.2, 0.25) is 0 Å². The van der Waals surface area contributed by atoms with Crippen molar-refractivity contribution < 1.29 is 4.74 Å². The van der Waals surface area contributed by atoms with Crippen molar-refractivity contribution in [3.05, 3.63) is 10.6 Å². The lowest BCUT2D eigenvalue weighted by atomic mass is 10.3. The van der Waals surface area contributed by atoms with Crippen LogP contribution < -0.4 is 10.2 Å². The smallest absolute Gasteiger partial charge is 0.185 e. The molecule has 1 aliphatic heterocycles. The fraction of sp³-hybridized carbons (Fsp3) is 0.727. The van der Waals surface area contributed by atoms with Crippen LogP contribution in [0.25, 0.3) is 0 Å². The van der Waals surface area contributed by atoms with Crippen molar-refractivity contribution in [1.82, 2.24) is 10.3 Å². The molecule has 2 heterocycles. The Labute approximate surface area is 101 Å². The van der Waals surface area contributed by atoms with Gasteiger partial charge in [-0.25, -0.2) is 4.98 Å². The molecule has 1 unspecified atom stereocenters. The number of anilines is 1. The molecule has 0 radical (unpaired) electrons. The third-order valence-electron chi connectivity index (χ3n) is 2.97. The molecular weight excluding hydrogens is 222 g/mol. The zero-order valence-corrected chi connectivity index (χ0v) is 10.9. The van der Waals surface area contributed by atoms with E-state index in [1.165, 1.54) is 4.88 Å². The molecular formula is C11H19N3OS. The van der Waals surface area contributed by atoms with Crippen LogP contribution in [0.15, 0.2) is 0 Å². The Morgan fingerprint density at radius 2 is 2.44 bits per heavy atom. The number of rotatable bonds is 4. The number of aromatic nitrogens is 1. The molecule has 0 bridgehead atoms. The van der Waals surface area contributed by atoms with Gasteiger partial charge in [-0.2, -0.15) is 0 Å². The maximum Gasteiger partial charge on any atom is 0.185 e. The summed E-state index contributed by atoms with van der Waals surface area (Å²) in [6.07, 6.45) is 1.48. The quantitative estimate of drug-likeness (QED) is 0.864. The monoisotopic (exact) mass is 241 g/mol. The van der Waals surface area contributed by atoms with E-state index in [1.54, 1.807) is 18.4 Å². The molecule has 1 aromatic heterocycles. The van der Waals surface area contributed by atoms with Crippen molar-refractivity contribution in [1.29, 1.82) is 0 Å². The first-order chi connectivity index (χ1) is 7.74. The van der Waals surface area contributed by atoms with Crippen LogP contribution in [-0.4, -0.2) is 38.3 Å². The molecule has 1 saturated heterocycles. The van der Waals surface area contributed by atoms with Gasteiger partial charge in [-0.15, -0.1) is 11.3 Å². The maximum absolute atomic E-state index is 5.37. The van der Waals surface area contributed by atoms with Crippen LogP contribution in [-0.2, 0) is 11.3 Å². The Bertz CT molecular complexity index is 353. The van der Waals surface area contributed by atoms with Gasteiger partial charge in [-0.3, -0.25) is 0 Å². The Morgan fingerprint density at radius 3 is 3.06 bits per heavy atom. The summed E-state index contributed by atoms with van der Waals surface area (Å²) in [6.45, 7) is 5.02. The van der Waals surface area contributed by atoms with Gasteiger partial charge in [-0.05, 0) is 20.4 Å². The minimum absolute atomic E-state index is 0.372. The third kappa shape index (κ3) is 2.36. The lowest BCUT2D eigenvalue weighted by Gasteiger charge is -2.13. The SMILES string of the molecule is CNCc1sc(N2CCC(OC)C2)nc1C. The van der Waals surface area contributed by atoms with Gasteiger partial charge in [0.05, 0.1) is 11.8 Å². The molecule has 0 aromatic carbocycles. The van der Waals surface area contributed by atoms with Gasteiger partial charge < -0.3 is 15.0 Å². The van der Waals surface area contributed by atoms with Crippen LogP contribution in [0.1, 0.15) is 17.0 Å². The van der Waals surface area contributed by atoms with E-state index >= 15 is 0 Å². The van der Waals surface area contributed by atoms with Gasteiger partial charge in [0.15, 0.2) is 5.13 Å². The van der Waals surface area contributed by atoms with Gasteiger partial charge in [-0.1, -0.05) is 0 Å². The number of aryl methyl sites for hydroxylation is 1. The van der Waals surface area contributed by atoms with Crippen LogP contribution in [0.5, 0.6) is 0 Å². The minimum atomic E-state index is 0.372. The van der Waals surface area contributed by atoms with E-state index in [9.17, 15) is 0 Å². The summed E-state index contributed by atoms with van der Waals surface area (Å²) < 4.78 is 5.37. The lowest BCUT2D eigenvalue weighted by molar-refractivity contribution is 0.121. The molecule has 0 aliphatic carbocycles. The van der Waals surface area contributed by atoms with E-state index < -0.39 is 0 Å². The highest BCUT2D eigenvalue weighted by molar-refractivity contribution is 7.15. The van der Waals surface area contributed by atoms with Gasteiger partial charge in [0.25, 0.3) is 0 Å². The fourth-order valence-electron chi connectivity index (χ4n) is 1.97. The average molecular weight is 241 g/mol. The second-order valence-electron chi connectivity index (χ2n) is 4.13. The molecule has 0 spiro atoms. The van der Waals surface area contributed by atoms with Gasteiger partial charge in [0.2, 0.25) is 0 Å². The standard InChI is InChI=1S/C11H19N3OS/c1-8-10(6-12-2)16-11(13-8)14-5-4-9(7-14)15-3/h9,12H,4-7H2,1-3H3. The van der Waals surface area contributed by atoms with E-state index in [0.717, 1.165) is 36.9 Å². The Hall–Kier alpha value is -0.650. The summed E-state index contributed by atoms with van der Waals surface area (Å²) >= 11 is 1.79. The predicted octanol–water partition coefficient (Wildman–Crippen LogP) is 1.40. The summed E-state index contributed by atoms with van der Waals surface area (Å²) in [6, 6.07) is 0. The highest BCUT2D eigenvalue weighted by Crippen LogP contribution is 2.29. The summed E-state index contributed by atoms with van der Waals surface area (Å²) in [5.41, 5.74) is 1.15. The van der Waals surface area contributed by atoms with Crippen molar-refractivity contribution in [2.75, 3.05) is 32.1 Å². The van der Waals surface area contributed by atoms with Gasteiger partial charge >= 0.3 is 0 Å². The molecule has 1 aromatic rings. The first kappa shape index (κ1) is 11.8. The van der Waals surface area contributed by atoms with Crippen LogP contribution in [0.3, 0.4) is 0 Å². The van der Waals surface area contributed by atoms with E-state index in [1.807, 2.05) is 7.05 Å². The third-order valence-corrected chi connectivity index (χ3v) is 4.19. The molecule has 2 rings (SSSR count). The van der Waals surface area contributed by atoms with Crippen molar-refractivity contribution in [2.45, 2.75) is 26.0 Å². The molecule has 1 fully saturated rings. The Balaban J connectivity index is 2.07. The average Bonchev–Trinajstić information content (AvgIpc) is 2.86. The summed E-state index contributed by atoms with van der Waals surface area (Å²) in [5, 5.41) is 4.32. The molecule has 0 saturated carbocycles. The van der Waals surface area contributed by atoms with Crippen molar-refractivity contribution in [2.24, 2.45) is 0 Å². The topological polar surface area (TPSA) is 37.4 Å². The van der Waals surface area contributed by atoms with Crippen LogP contribution >= 0.6 is 11.3 Å². The molecule has 90 valence electrons. The number of hydrogen-bond donors (Lipinski definition) is 1.